The summed E-state index contributed by atoms with van der Waals surface area (Å²) in [5.74, 6) is -0.476. The van der Waals surface area contributed by atoms with E-state index < -0.39 is 5.97 Å². The van der Waals surface area contributed by atoms with Crippen molar-refractivity contribution in [1.82, 2.24) is 4.90 Å². The predicted octanol–water partition coefficient (Wildman–Crippen LogP) is 6.67. The van der Waals surface area contributed by atoms with Crippen LogP contribution in [0, 0.1) is 17.2 Å². The Morgan fingerprint density at radius 2 is 1.74 bits per heavy atom. The summed E-state index contributed by atoms with van der Waals surface area (Å²) in [6.45, 7) is 1.73. The number of ether oxygens (including phenoxy) is 1. The molecule has 1 spiro atoms. The Bertz CT molecular complexity index is 989. The molecule has 3 fully saturated rings. The van der Waals surface area contributed by atoms with Crippen LogP contribution in [0.1, 0.15) is 69.8 Å². The van der Waals surface area contributed by atoms with E-state index in [1.807, 2.05) is 36.4 Å². The fourth-order valence-corrected chi connectivity index (χ4v) is 6.42. The van der Waals surface area contributed by atoms with Crippen LogP contribution in [-0.4, -0.2) is 35.2 Å². The Balaban J connectivity index is 1.22. The zero-order valence-electron chi connectivity index (χ0n) is 20.0. The summed E-state index contributed by atoms with van der Waals surface area (Å²) in [6.07, 6.45) is 12.3. The molecule has 2 aliphatic carbocycles. The van der Waals surface area contributed by atoms with Gasteiger partial charge in [0.05, 0.1) is 12.0 Å². The second-order valence-electron chi connectivity index (χ2n) is 10.7. The molecule has 0 aromatic heterocycles. The van der Waals surface area contributed by atoms with E-state index in [0.29, 0.717) is 36.1 Å². The van der Waals surface area contributed by atoms with E-state index in [0.717, 1.165) is 37.1 Å². The number of rotatable bonds is 6. The molecule has 0 amide bonds. The van der Waals surface area contributed by atoms with Gasteiger partial charge in [-0.15, -0.1) is 0 Å². The van der Waals surface area contributed by atoms with Crippen LogP contribution in [-0.2, 0) is 11.3 Å². The monoisotopic (exact) mass is 465 g/mol. The molecule has 1 atom stereocenters. The number of nitrogens with zero attached hydrogens (tertiary/aromatic N) is 1. The molecule has 2 aromatic carbocycles. The molecule has 1 heterocycles. The van der Waals surface area contributed by atoms with E-state index in [2.05, 4.69) is 4.90 Å². The zero-order chi connectivity index (χ0) is 23.5. The number of carboxylic acid groups (broad SMARTS) is 1. The molecule has 4 nitrogen and oxygen atoms in total. The maximum atomic E-state index is 15.4. The van der Waals surface area contributed by atoms with Crippen LogP contribution >= 0.6 is 0 Å². The summed E-state index contributed by atoms with van der Waals surface area (Å²) >= 11 is 0. The van der Waals surface area contributed by atoms with Crippen molar-refractivity contribution in [2.24, 2.45) is 11.3 Å². The lowest BCUT2D eigenvalue weighted by Crippen LogP contribution is -2.38. The molecule has 1 aliphatic heterocycles. The van der Waals surface area contributed by atoms with Crippen molar-refractivity contribution < 1.29 is 19.0 Å². The SMILES string of the molecule is O=C(O)C1CCCN(Cc2cccc(-c3ccc(OC4CCC5(CCCC5)CC4)cc3)c2F)C1. The van der Waals surface area contributed by atoms with E-state index in [1.54, 1.807) is 6.07 Å². The number of hydrogen-bond donors (Lipinski definition) is 1. The van der Waals surface area contributed by atoms with E-state index in [-0.39, 0.29) is 17.8 Å². The van der Waals surface area contributed by atoms with Crippen molar-refractivity contribution in [2.45, 2.75) is 76.9 Å². The van der Waals surface area contributed by atoms with Gasteiger partial charge in [0, 0.05) is 24.2 Å². The summed E-state index contributed by atoms with van der Waals surface area (Å²) < 4.78 is 21.7. The van der Waals surface area contributed by atoms with Crippen LogP contribution in [0.4, 0.5) is 4.39 Å². The van der Waals surface area contributed by atoms with Crippen molar-refractivity contribution >= 4 is 5.97 Å². The normalized spacial score (nSPS) is 23.3. The van der Waals surface area contributed by atoms with Gasteiger partial charge in [0.15, 0.2) is 0 Å². The molecule has 0 bridgehead atoms. The Hall–Kier alpha value is -2.40. The molecule has 1 saturated heterocycles. The molecular weight excluding hydrogens is 429 g/mol. The third kappa shape index (κ3) is 5.14. The second-order valence-corrected chi connectivity index (χ2v) is 10.7. The molecule has 5 rings (SSSR count). The van der Waals surface area contributed by atoms with Crippen LogP contribution in [0.2, 0.25) is 0 Å². The first-order valence-corrected chi connectivity index (χ1v) is 13.0. The predicted molar refractivity (Wildman–Crippen MR) is 131 cm³/mol. The number of benzene rings is 2. The van der Waals surface area contributed by atoms with Crippen LogP contribution < -0.4 is 4.74 Å². The number of halogens is 1. The van der Waals surface area contributed by atoms with Gasteiger partial charge >= 0.3 is 5.97 Å². The van der Waals surface area contributed by atoms with Crippen LogP contribution in [0.3, 0.4) is 0 Å². The summed E-state index contributed by atoms with van der Waals surface area (Å²) in [5.41, 5.74) is 2.64. The Morgan fingerprint density at radius 3 is 2.44 bits per heavy atom. The van der Waals surface area contributed by atoms with Gasteiger partial charge in [-0.3, -0.25) is 9.69 Å². The molecule has 1 N–H and O–H groups in total. The van der Waals surface area contributed by atoms with Crippen molar-refractivity contribution in [1.29, 1.82) is 0 Å². The Labute approximate surface area is 202 Å². The minimum absolute atomic E-state index is 0.220. The van der Waals surface area contributed by atoms with Crippen molar-refractivity contribution in [3.05, 3.63) is 53.8 Å². The fraction of sp³-hybridized carbons (Fsp3) is 0.552. The smallest absolute Gasteiger partial charge is 0.307 e. The molecule has 34 heavy (non-hydrogen) atoms. The van der Waals surface area contributed by atoms with Gasteiger partial charge in [0.2, 0.25) is 0 Å². The van der Waals surface area contributed by atoms with Gasteiger partial charge in [-0.2, -0.15) is 0 Å². The third-order valence-corrected chi connectivity index (χ3v) is 8.45. The topological polar surface area (TPSA) is 49.8 Å². The summed E-state index contributed by atoms with van der Waals surface area (Å²) in [6, 6.07) is 13.3. The molecule has 0 radical (unpaired) electrons. The molecule has 182 valence electrons. The number of likely N-dealkylation sites (tertiary alicyclic amines) is 1. The lowest BCUT2D eigenvalue weighted by atomic mass is 9.72. The third-order valence-electron chi connectivity index (χ3n) is 8.45. The molecule has 2 aromatic rings. The number of aliphatic carboxylic acids is 1. The first kappa shape index (κ1) is 23.3. The number of hydrogen-bond acceptors (Lipinski definition) is 3. The van der Waals surface area contributed by atoms with Crippen LogP contribution in [0.5, 0.6) is 5.75 Å². The average molecular weight is 466 g/mol. The summed E-state index contributed by atoms with van der Waals surface area (Å²) in [4.78, 5) is 13.4. The molecular formula is C29H36FNO3. The highest BCUT2D eigenvalue weighted by molar-refractivity contribution is 5.70. The van der Waals surface area contributed by atoms with E-state index in [1.165, 1.54) is 38.5 Å². The van der Waals surface area contributed by atoms with Crippen molar-refractivity contribution in [3.8, 4) is 16.9 Å². The van der Waals surface area contributed by atoms with Gasteiger partial charge in [-0.25, -0.2) is 4.39 Å². The first-order valence-electron chi connectivity index (χ1n) is 13.0. The van der Waals surface area contributed by atoms with Gasteiger partial charge < -0.3 is 9.84 Å². The second kappa shape index (κ2) is 10.1. The minimum Gasteiger partial charge on any atom is -0.490 e. The quantitative estimate of drug-likeness (QED) is 0.518. The first-order chi connectivity index (χ1) is 16.5. The summed E-state index contributed by atoms with van der Waals surface area (Å²) in [7, 11) is 0. The fourth-order valence-electron chi connectivity index (χ4n) is 6.42. The lowest BCUT2D eigenvalue weighted by Gasteiger charge is -2.37. The Kier molecular flexibility index (Phi) is 6.91. The van der Waals surface area contributed by atoms with Gasteiger partial charge in [-0.1, -0.05) is 43.2 Å². The van der Waals surface area contributed by atoms with Gasteiger partial charge in [0.1, 0.15) is 11.6 Å². The standard InChI is InChI=1S/C29H36FNO3/c30-27-22(19-31-18-4-6-23(20-31)28(32)33)5-3-7-26(27)21-8-10-24(11-9-21)34-25-12-16-29(17-13-25)14-1-2-15-29/h3,5,7-11,23,25H,1-2,4,6,12-20H2,(H,32,33). The zero-order valence-corrected chi connectivity index (χ0v) is 20.0. The van der Waals surface area contributed by atoms with Gasteiger partial charge in [-0.05, 0) is 81.0 Å². The molecule has 5 heteroatoms. The average Bonchev–Trinajstić information content (AvgIpc) is 3.31. The molecule has 3 aliphatic rings. The van der Waals surface area contributed by atoms with E-state index >= 15 is 4.39 Å². The number of carbonyl (C=O) groups is 1. The lowest BCUT2D eigenvalue weighted by molar-refractivity contribution is -0.143. The number of carboxylic acids is 1. The van der Waals surface area contributed by atoms with Gasteiger partial charge in [0.25, 0.3) is 0 Å². The van der Waals surface area contributed by atoms with E-state index in [4.69, 9.17) is 4.74 Å². The minimum atomic E-state index is -0.757. The van der Waals surface area contributed by atoms with E-state index in [9.17, 15) is 9.90 Å². The maximum absolute atomic E-state index is 15.4. The Morgan fingerprint density at radius 1 is 1.00 bits per heavy atom. The molecule has 1 unspecified atom stereocenters. The van der Waals surface area contributed by atoms with Crippen LogP contribution in [0.15, 0.2) is 42.5 Å². The highest BCUT2D eigenvalue weighted by Crippen LogP contribution is 2.49. The largest absolute Gasteiger partial charge is 0.490 e. The highest BCUT2D eigenvalue weighted by atomic mass is 19.1. The summed E-state index contributed by atoms with van der Waals surface area (Å²) in [5, 5.41) is 9.33. The van der Waals surface area contributed by atoms with Crippen molar-refractivity contribution in [3.63, 3.8) is 0 Å². The maximum Gasteiger partial charge on any atom is 0.307 e. The molecule has 2 saturated carbocycles. The van der Waals surface area contributed by atoms with Crippen molar-refractivity contribution in [2.75, 3.05) is 13.1 Å². The highest BCUT2D eigenvalue weighted by Gasteiger charge is 2.38. The number of piperidine rings is 1. The van der Waals surface area contributed by atoms with Crippen LogP contribution in [0.25, 0.3) is 11.1 Å².